The predicted octanol–water partition coefficient (Wildman–Crippen LogP) is 3.13. The van der Waals surface area contributed by atoms with E-state index in [0.29, 0.717) is 11.6 Å². The van der Waals surface area contributed by atoms with Crippen LogP contribution < -0.4 is 5.73 Å². The quantitative estimate of drug-likeness (QED) is 0.907. The normalized spacial score (nSPS) is 23.5. The topological polar surface area (TPSA) is 63.4 Å². The fourth-order valence-electron chi connectivity index (χ4n) is 2.95. The summed E-state index contributed by atoms with van der Waals surface area (Å²) in [6.07, 6.45) is 3.91. The molecule has 1 aromatic carbocycles. The highest BCUT2D eigenvalue weighted by molar-refractivity contribution is 7.89. The number of rotatable bonds is 4. The fourth-order valence-corrected chi connectivity index (χ4v) is 5.13. The third-order valence-corrected chi connectivity index (χ3v) is 6.79. The van der Waals surface area contributed by atoms with E-state index in [2.05, 4.69) is 0 Å². The van der Waals surface area contributed by atoms with Gasteiger partial charge >= 0.3 is 0 Å². The van der Waals surface area contributed by atoms with Crippen molar-refractivity contribution in [2.75, 3.05) is 13.6 Å². The zero-order valence-corrected chi connectivity index (χ0v) is 14.3. The molecule has 7 heteroatoms. The van der Waals surface area contributed by atoms with Crippen LogP contribution in [0, 0.1) is 5.92 Å². The lowest BCUT2D eigenvalue weighted by Gasteiger charge is -2.36. The van der Waals surface area contributed by atoms with Crippen molar-refractivity contribution < 1.29 is 8.42 Å². The minimum Gasteiger partial charge on any atom is -0.330 e. The van der Waals surface area contributed by atoms with Gasteiger partial charge < -0.3 is 5.73 Å². The van der Waals surface area contributed by atoms with Crippen molar-refractivity contribution in [1.82, 2.24) is 4.31 Å². The standard InChI is InChI=1S/C14H20Cl2N2O2S/c1-18(13-5-3-2-4-10(13)9-17)21(19,20)14-8-11(15)6-7-12(14)16/h6-8,10,13H,2-5,9,17H2,1H3. The molecular formula is C14H20Cl2N2O2S. The molecule has 1 aliphatic rings. The molecular weight excluding hydrogens is 331 g/mol. The Labute approximate surface area is 136 Å². The maximum absolute atomic E-state index is 12.8. The Morgan fingerprint density at radius 2 is 1.95 bits per heavy atom. The van der Waals surface area contributed by atoms with Crippen LogP contribution in [0.25, 0.3) is 0 Å². The number of nitrogens with two attached hydrogens (primary N) is 1. The molecule has 4 nitrogen and oxygen atoms in total. The first kappa shape index (κ1) is 17.0. The number of hydrogen-bond acceptors (Lipinski definition) is 3. The number of hydrogen-bond donors (Lipinski definition) is 1. The van der Waals surface area contributed by atoms with Gasteiger partial charge in [-0.2, -0.15) is 4.31 Å². The molecule has 2 rings (SSSR count). The number of sulfonamides is 1. The Morgan fingerprint density at radius 1 is 1.29 bits per heavy atom. The van der Waals surface area contributed by atoms with Gasteiger partial charge in [0, 0.05) is 18.1 Å². The maximum Gasteiger partial charge on any atom is 0.244 e. The van der Waals surface area contributed by atoms with Crippen LogP contribution in [0.3, 0.4) is 0 Å². The second kappa shape index (κ2) is 6.84. The first-order valence-corrected chi connectivity index (χ1v) is 9.20. The lowest BCUT2D eigenvalue weighted by molar-refractivity contribution is 0.204. The lowest BCUT2D eigenvalue weighted by Crippen LogP contribution is -2.45. The molecule has 0 bridgehead atoms. The largest absolute Gasteiger partial charge is 0.330 e. The van der Waals surface area contributed by atoms with Crippen molar-refractivity contribution in [1.29, 1.82) is 0 Å². The molecule has 0 heterocycles. The summed E-state index contributed by atoms with van der Waals surface area (Å²) in [4.78, 5) is 0.0560. The number of halogens is 2. The van der Waals surface area contributed by atoms with E-state index in [4.69, 9.17) is 28.9 Å². The molecule has 2 atom stereocenters. The summed E-state index contributed by atoms with van der Waals surface area (Å²) in [6, 6.07) is 4.40. The third kappa shape index (κ3) is 3.54. The summed E-state index contributed by atoms with van der Waals surface area (Å²) in [5.74, 6) is 0.191. The van der Waals surface area contributed by atoms with Crippen LogP contribution in [0.15, 0.2) is 23.1 Å². The van der Waals surface area contributed by atoms with E-state index in [1.54, 1.807) is 13.1 Å². The van der Waals surface area contributed by atoms with Crippen LogP contribution >= 0.6 is 23.2 Å². The molecule has 1 saturated carbocycles. The average molecular weight is 351 g/mol. The molecule has 0 aromatic heterocycles. The van der Waals surface area contributed by atoms with Gasteiger partial charge in [0.05, 0.1) is 5.02 Å². The van der Waals surface area contributed by atoms with Gasteiger partial charge in [-0.15, -0.1) is 0 Å². The van der Waals surface area contributed by atoms with E-state index in [1.165, 1.54) is 16.4 Å². The minimum atomic E-state index is -3.67. The second-order valence-electron chi connectivity index (χ2n) is 5.44. The number of benzene rings is 1. The Hall–Kier alpha value is -0.330. The average Bonchev–Trinajstić information content (AvgIpc) is 2.48. The molecule has 0 aliphatic heterocycles. The summed E-state index contributed by atoms with van der Waals surface area (Å²) in [6.45, 7) is 0.494. The van der Waals surface area contributed by atoms with Crippen molar-refractivity contribution in [2.45, 2.75) is 36.6 Å². The van der Waals surface area contributed by atoms with Gasteiger partial charge in [0.2, 0.25) is 10.0 Å². The zero-order chi connectivity index (χ0) is 15.6. The highest BCUT2D eigenvalue weighted by atomic mass is 35.5. The molecule has 1 fully saturated rings. The monoisotopic (exact) mass is 350 g/mol. The van der Waals surface area contributed by atoms with Crippen LogP contribution in [0.2, 0.25) is 10.0 Å². The molecule has 2 N–H and O–H groups in total. The van der Waals surface area contributed by atoms with Crippen molar-refractivity contribution in [3.05, 3.63) is 28.2 Å². The highest BCUT2D eigenvalue weighted by Gasteiger charge is 2.35. The SMILES string of the molecule is CN(C1CCCCC1CN)S(=O)(=O)c1cc(Cl)ccc1Cl. The summed E-state index contributed by atoms with van der Waals surface area (Å²) >= 11 is 12.0. The fraction of sp³-hybridized carbons (Fsp3) is 0.571. The van der Waals surface area contributed by atoms with Gasteiger partial charge in [-0.05, 0) is 43.5 Å². The van der Waals surface area contributed by atoms with E-state index in [1.807, 2.05) is 0 Å². The molecule has 0 amide bonds. The summed E-state index contributed by atoms with van der Waals surface area (Å²) in [5, 5.41) is 0.539. The summed E-state index contributed by atoms with van der Waals surface area (Å²) < 4.78 is 27.0. The van der Waals surface area contributed by atoms with Crippen molar-refractivity contribution >= 4 is 33.2 Å². The minimum absolute atomic E-state index is 0.0560. The number of nitrogens with zero attached hydrogens (tertiary/aromatic N) is 1. The molecule has 0 radical (unpaired) electrons. The van der Waals surface area contributed by atoms with E-state index in [-0.39, 0.29) is 21.9 Å². The molecule has 0 saturated heterocycles. The van der Waals surface area contributed by atoms with E-state index < -0.39 is 10.0 Å². The van der Waals surface area contributed by atoms with E-state index in [9.17, 15) is 8.42 Å². The van der Waals surface area contributed by atoms with Crippen molar-refractivity contribution in [3.63, 3.8) is 0 Å². The molecule has 1 aromatic rings. The van der Waals surface area contributed by atoms with Crippen LogP contribution in [0.4, 0.5) is 0 Å². The van der Waals surface area contributed by atoms with Crippen LogP contribution in [0.5, 0.6) is 0 Å². The Balaban J connectivity index is 2.36. The first-order valence-electron chi connectivity index (χ1n) is 7.01. The highest BCUT2D eigenvalue weighted by Crippen LogP contribution is 2.33. The molecule has 2 unspecified atom stereocenters. The van der Waals surface area contributed by atoms with Gasteiger partial charge in [0.1, 0.15) is 4.90 Å². The third-order valence-electron chi connectivity index (χ3n) is 4.19. The molecule has 1 aliphatic carbocycles. The van der Waals surface area contributed by atoms with Gasteiger partial charge in [0.15, 0.2) is 0 Å². The van der Waals surface area contributed by atoms with E-state index in [0.717, 1.165) is 25.7 Å². The van der Waals surface area contributed by atoms with Crippen LogP contribution in [-0.2, 0) is 10.0 Å². The smallest absolute Gasteiger partial charge is 0.244 e. The van der Waals surface area contributed by atoms with Crippen molar-refractivity contribution in [3.8, 4) is 0 Å². The molecule has 0 spiro atoms. The lowest BCUT2D eigenvalue weighted by atomic mass is 9.85. The summed E-state index contributed by atoms with van der Waals surface area (Å²) in [5.41, 5.74) is 5.80. The Kier molecular flexibility index (Phi) is 5.54. The van der Waals surface area contributed by atoms with E-state index >= 15 is 0 Å². The summed E-state index contributed by atoms with van der Waals surface area (Å²) in [7, 11) is -2.07. The van der Waals surface area contributed by atoms with Gasteiger partial charge in [-0.25, -0.2) is 8.42 Å². The Morgan fingerprint density at radius 3 is 2.62 bits per heavy atom. The predicted molar refractivity (Wildman–Crippen MR) is 86.2 cm³/mol. The molecule has 118 valence electrons. The Bertz CT molecular complexity index is 607. The zero-order valence-electron chi connectivity index (χ0n) is 11.9. The van der Waals surface area contributed by atoms with Gasteiger partial charge in [-0.3, -0.25) is 0 Å². The van der Waals surface area contributed by atoms with Gasteiger partial charge in [-0.1, -0.05) is 36.0 Å². The van der Waals surface area contributed by atoms with Crippen LogP contribution in [0.1, 0.15) is 25.7 Å². The van der Waals surface area contributed by atoms with Crippen molar-refractivity contribution in [2.24, 2.45) is 11.7 Å². The first-order chi connectivity index (χ1) is 9.87. The molecule has 21 heavy (non-hydrogen) atoms. The van der Waals surface area contributed by atoms with Crippen LogP contribution in [-0.4, -0.2) is 32.4 Å². The second-order valence-corrected chi connectivity index (χ2v) is 8.25. The van der Waals surface area contributed by atoms with Gasteiger partial charge in [0.25, 0.3) is 0 Å². The maximum atomic E-state index is 12.8.